The van der Waals surface area contributed by atoms with E-state index in [2.05, 4.69) is 36.2 Å². The summed E-state index contributed by atoms with van der Waals surface area (Å²) >= 11 is 0. The normalized spacial score (nSPS) is 16.1. The summed E-state index contributed by atoms with van der Waals surface area (Å²) in [5.74, 6) is 0. The molecule has 2 unspecified atom stereocenters. The first kappa shape index (κ1) is 20.8. The van der Waals surface area contributed by atoms with Gasteiger partial charge in [0.2, 0.25) is 0 Å². The molecule has 0 saturated carbocycles. The van der Waals surface area contributed by atoms with Crippen LogP contribution in [0.1, 0.15) is 29.2 Å². The Balaban J connectivity index is 1.46. The largest absolute Gasteiger partial charge is 0.387 e. The quantitative estimate of drug-likeness (QED) is 0.547. The van der Waals surface area contributed by atoms with Crippen molar-refractivity contribution in [3.05, 3.63) is 83.4 Å². The molecule has 0 aromatic heterocycles. The first-order chi connectivity index (χ1) is 14.6. The second kappa shape index (κ2) is 9.13. The van der Waals surface area contributed by atoms with Crippen LogP contribution in [0.2, 0.25) is 0 Å². The minimum atomic E-state index is -1.16. The lowest BCUT2D eigenvalue weighted by Gasteiger charge is -2.34. The maximum Gasteiger partial charge on any atom is 0.0914 e. The van der Waals surface area contributed by atoms with Crippen LogP contribution in [0.15, 0.2) is 76.5 Å². The molecular formula is C25H28N2O2S. The second-order valence-corrected chi connectivity index (χ2v) is 9.14. The molecule has 5 heteroatoms. The van der Waals surface area contributed by atoms with E-state index >= 15 is 0 Å². The maximum atomic E-state index is 13.1. The molecule has 0 bridgehead atoms. The van der Waals surface area contributed by atoms with Crippen LogP contribution in [0.5, 0.6) is 0 Å². The fourth-order valence-electron chi connectivity index (χ4n) is 3.96. The predicted molar refractivity (Wildman–Crippen MR) is 123 cm³/mol. The maximum absolute atomic E-state index is 13.1. The van der Waals surface area contributed by atoms with Gasteiger partial charge in [0.05, 0.1) is 38.1 Å². The summed E-state index contributed by atoms with van der Waals surface area (Å²) in [6, 6.07) is 21.8. The standard InChI is InChI=1S/C25H28N2O2S/c1-18-13-14-24-25(19(18)2)27(21-11-6-7-12-23(21)30(24)29)16-8-15-26-17-22(28)20-9-4-3-5-10-20/h3-7,9-14,22,26,28H,8,15-17H2,1-2H3. The Morgan fingerprint density at radius 1 is 0.967 bits per heavy atom. The summed E-state index contributed by atoms with van der Waals surface area (Å²) in [6.45, 7) is 6.36. The van der Waals surface area contributed by atoms with E-state index < -0.39 is 16.9 Å². The molecule has 4 nitrogen and oxygen atoms in total. The number of rotatable bonds is 7. The molecule has 0 saturated heterocycles. The number of aliphatic hydroxyl groups excluding tert-OH is 1. The molecule has 0 amide bonds. The Kier molecular flexibility index (Phi) is 6.32. The van der Waals surface area contributed by atoms with Gasteiger partial charge < -0.3 is 15.3 Å². The van der Waals surface area contributed by atoms with Crippen molar-refractivity contribution in [2.24, 2.45) is 0 Å². The molecule has 1 heterocycles. The van der Waals surface area contributed by atoms with Crippen molar-refractivity contribution in [2.45, 2.75) is 36.2 Å². The fourth-order valence-corrected chi connectivity index (χ4v) is 5.40. The average molecular weight is 421 g/mol. The zero-order chi connectivity index (χ0) is 21.1. The van der Waals surface area contributed by atoms with Crippen LogP contribution in [0.4, 0.5) is 11.4 Å². The lowest BCUT2D eigenvalue weighted by molar-refractivity contribution is 0.175. The van der Waals surface area contributed by atoms with Gasteiger partial charge in [0.25, 0.3) is 0 Å². The molecule has 1 aliphatic heterocycles. The lowest BCUT2D eigenvalue weighted by Crippen LogP contribution is -2.29. The number of hydrogen-bond acceptors (Lipinski definition) is 4. The van der Waals surface area contributed by atoms with Crippen molar-refractivity contribution in [1.82, 2.24) is 5.32 Å². The molecule has 3 aromatic rings. The third-order valence-corrected chi connectivity index (χ3v) is 7.22. The van der Waals surface area contributed by atoms with E-state index in [9.17, 15) is 9.32 Å². The molecular weight excluding hydrogens is 392 g/mol. The van der Waals surface area contributed by atoms with Crippen LogP contribution in [0.3, 0.4) is 0 Å². The van der Waals surface area contributed by atoms with Gasteiger partial charge in [-0.25, -0.2) is 4.21 Å². The number of fused-ring (bicyclic) bond motifs is 2. The van der Waals surface area contributed by atoms with E-state index in [1.54, 1.807) is 0 Å². The van der Waals surface area contributed by atoms with Gasteiger partial charge in [0.15, 0.2) is 0 Å². The minimum Gasteiger partial charge on any atom is -0.387 e. The summed E-state index contributed by atoms with van der Waals surface area (Å²) in [4.78, 5) is 4.08. The Bertz CT molecular complexity index is 1050. The van der Waals surface area contributed by atoms with Gasteiger partial charge in [-0.1, -0.05) is 48.5 Å². The van der Waals surface area contributed by atoms with E-state index in [1.165, 1.54) is 11.1 Å². The zero-order valence-corrected chi connectivity index (χ0v) is 18.3. The van der Waals surface area contributed by atoms with Crippen LogP contribution >= 0.6 is 0 Å². The Morgan fingerprint density at radius 2 is 1.70 bits per heavy atom. The highest BCUT2D eigenvalue weighted by atomic mass is 32.2. The molecule has 30 heavy (non-hydrogen) atoms. The van der Waals surface area contributed by atoms with E-state index in [4.69, 9.17) is 0 Å². The molecule has 156 valence electrons. The molecule has 0 aliphatic carbocycles. The SMILES string of the molecule is Cc1ccc2c(c1C)N(CCCNCC(O)c1ccccc1)c1ccccc1S2=O. The number of hydrogen-bond donors (Lipinski definition) is 2. The molecule has 0 fully saturated rings. The summed E-state index contributed by atoms with van der Waals surface area (Å²) < 4.78 is 13.1. The van der Waals surface area contributed by atoms with E-state index in [1.807, 2.05) is 54.6 Å². The number of para-hydroxylation sites is 1. The van der Waals surface area contributed by atoms with Crippen LogP contribution < -0.4 is 10.2 Å². The molecule has 3 aromatic carbocycles. The Labute approximate surface area is 181 Å². The van der Waals surface area contributed by atoms with E-state index in [0.717, 1.165) is 46.2 Å². The third kappa shape index (κ3) is 4.06. The number of anilines is 2. The highest BCUT2D eigenvalue weighted by Crippen LogP contribution is 2.44. The van der Waals surface area contributed by atoms with Crippen molar-refractivity contribution in [3.8, 4) is 0 Å². The second-order valence-electron chi connectivity index (χ2n) is 7.73. The van der Waals surface area contributed by atoms with Gasteiger partial charge in [0, 0.05) is 13.1 Å². The van der Waals surface area contributed by atoms with Crippen molar-refractivity contribution in [2.75, 3.05) is 24.5 Å². The first-order valence-electron chi connectivity index (χ1n) is 10.4. The smallest absolute Gasteiger partial charge is 0.0914 e. The molecule has 1 aliphatic rings. The average Bonchev–Trinajstić information content (AvgIpc) is 2.78. The molecule has 2 N–H and O–H groups in total. The van der Waals surface area contributed by atoms with Crippen molar-refractivity contribution >= 4 is 22.2 Å². The number of aryl methyl sites for hydroxylation is 1. The van der Waals surface area contributed by atoms with Gasteiger partial charge in [-0.05, 0) is 61.7 Å². The summed E-state index contributed by atoms with van der Waals surface area (Å²) in [5, 5.41) is 13.7. The molecule has 4 rings (SSSR count). The van der Waals surface area contributed by atoms with Gasteiger partial charge in [-0.15, -0.1) is 0 Å². The van der Waals surface area contributed by atoms with Crippen LogP contribution in [0, 0.1) is 13.8 Å². The van der Waals surface area contributed by atoms with E-state index in [0.29, 0.717) is 6.54 Å². The number of benzene rings is 3. The van der Waals surface area contributed by atoms with Gasteiger partial charge in [-0.2, -0.15) is 0 Å². The van der Waals surface area contributed by atoms with Crippen LogP contribution in [-0.2, 0) is 10.8 Å². The molecule has 2 atom stereocenters. The Morgan fingerprint density at radius 3 is 2.50 bits per heavy atom. The number of aliphatic hydroxyl groups is 1. The highest BCUT2D eigenvalue weighted by Gasteiger charge is 2.29. The fraction of sp³-hybridized carbons (Fsp3) is 0.280. The van der Waals surface area contributed by atoms with Crippen molar-refractivity contribution in [1.29, 1.82) is 0 Å². The molecule has 0 radical (unpaired) electrons. The number of nitrogens with zero attached hydrogens (tertiary/aromatic N) is 1. The van der Waals surface area contributed by atoms with Gasteiger partial charge in [0.1, 0.15) is 0 Å². The zero-order valence-electron chi connectivity index (χ0n) is 17.5. The van der Waals surface area contributed by atoms with E-state index in [-0.39, 0.29) is 0 Å². The lowest BCUT2D eigenvalue weighted by atomic mass is 10.1. The van der Waals surface area contributed by atoms with Crippen LogP contribution in [0.25, 0.3) is 0 Å². The minimum absolute atomic E-state index is 0.505. The predicted octanol–water partition coefficient (Wildman–Crippen LogP) is 4.63. The van der Waals surface area contributed by atoms with Crippen molar-refractivity contribution < 1.29 is 9.32 Å². The highest BCUT2D eigenvalue weighted by molar-refractivity contribution is 7.85. The summed E-state index contributed by atoms with van der Waals surface area (Å²) in [5.41, 5.74) is 5.43. The summed E-state index contributed by atoms with van der Waals surface area (Å²) in [6.07, 6.45) is 0.407. The monoisotopic (exact) mass is 420 g/mol. The van der Waals surface area contributed by atoms with Gasteiger partial charge >= 0.3 is 0 Å². The molecule has 0 spiro atoms. The summed E-state index contributed by atoms with van der Waals surface area (Å²) in [7, 11) is -1.16. The first-order valence-corrected chi connectivity index (χ1v) is 11.5. The Hall–Kier alpha value is -2.47. The number of nitrogens with one attached hydrogen (secondary N) is 1. The van der Waals surface area contributed by atoms with Gasteiger partial charge in [-0.3, -0.25) is 0 Å². The third-order valence-electron chi connectivity index (χ3n) is 5.75. The van der Waals surface area contributed by atoms with Crippen LogP contribution in [-0.4, -0.2) is 28.9 Å². The van der Waals surface area contributed by atoms with Crippen molar-refractivity contribution in [3.63, 3.8) is 0 Å². The topological polar surface area (TPSA) is 52.6 Å².